The van der Waals surface area contributed by atoms with Crippen LogP contribution in [-0.4, -0.2) is 30.7 Å². The van der Waals surface area contributed by atoms with Crippen LogP contribution in [0.5, 0.6) is 0 Å². The van der Waals surface area contributed by atoms with Crippen LogP contribution in [0.2, 0.25) is 0 Å². The van der Waals surface area contributed by atoms with Crippen molar-refractivity contribution < 1.29 is 8.42 Å². The fourth-order valence-electron chi connectivity index (χ4n) is 3.85. The first-order valence-electron chi connectivity index (χ1n) is 9.00. The van der Waals surface area contributed by atoms with Crippen molar-refractivity contribution in [1.29, 1.82) is 0 Å². The third-order valence-corrected chi connectivity index (χ3v) is 6.98. The van der Waals surface area contributed by atoms with E-state index in [0.29, 0.717) is 10.4 Å². The maximum Gasteiger partial charge on any atom is 0.283 e. The van der Waals surface area contributed by atoms with Gasteiger partial charge in [-0.15, -0.1) is 0 Å². The molecule has 1 N–H and O–H groups in total. The number of fused-ring (bicyclic) bond motifs is 1. The number of aryl methyl sites for hydroxylation is 2. The second-order valence-electron chi connectivity index (χ2n) is 6.99. The molecule has 2 aromatic carbocycles. The Balaban J connectivity index is 1.97. The van der Waals surface area contributed by atoms with Crippen molar-refractivity contribution in [3.63, 3.8) is 0 Å². The highest BCUT2D eigenvalue weighted by atomic mass is 32.2. The molecule has 26 heavy (non-hydrogen) atoms. The predicted molar refractivity (Wildman–Crippen MR) is 103 cm³/mol. The minimum absolute atomic E-state index is 0.285. The van der Waals surface area contributed by atoms with Gasteiger partial charge in [-0.25, -0.2) is 0 Å². The van der Waals surface area contributed by atoms with Crippen molar-refractivity contribution in [1.82, 2.24) is 14.5 Å². The summed E-state index contributed by atoms with van der Waals surface area (Å²) in [5.41, 5.74) is 3.38. The van der Waals surface area contributed by atoms with Crippen molar-refractivity contribution in [3.8, 4) is 0 Å². The summed E-state index contributed by atoms with van der Waals surface area (Å²) in [6, 6.07) is 12.9. The van der Waals surface area contributed by atoms with E-state index >= 15 is 0 Å². The van der Waals surface area contributed by atoms with Gasteiger partial charge < -0.3 is 5.32 Å². The Morgan fingerprint density at radius 2 is 1.69 bits per heavy atom. The normalized spacial score (nSPS) is 16.2. The molecule has 0 unspecified atom stereocenters. The van der Waals surface area contributed by atoms with E-state index in [-0.39, 0.29) is 5.92 Å². The smallest absolute Gasteiger partial charge is 0.283 e. The molecular formula is C20H23N3O2S. The van der Waals surface area contributed by atoms with Gasteiger partial charge in [0.25, 0.3) is 10.0 Å². The lowest BCUT2D eigenvalue weighted by Crippen LogP contribution is -2.27. The Morgan fingerprint density at radius 1 is 1.00 bits per heavy atom. The summed E-state index contributed by atoms with van der Waals surface area (Å²) in [5.74, 6) is 0.285. The molecule has 0 spiro atoms. The minimum Gasteiger partial charge on any atom is -0.317 e. The quantitative estimate of drug-likeness (QED) is 0.769. The molecule has 2 heterocycles. The standard InChI is InChI=1S/C20H23N3O2S/c1-14-6-3-4-9-18(14)26(24,25)23-17-8-5-7-15(2)19(17)20(22-23)16-10-12-21-13-11-16/h3-9,16,21H,10-13H2,1-2H3. The third-order valence-electron chi connectivity index (χ3n) is 5.24. The molecule has 0 amide bonds. The van der Waals surface area contributed by atoms with Crippen molar-refractivity contribution in [2.75, 3.05) is 13.1 Å². The van der Waals surface area contributed by atoms with E-state index in [1.165, 1.54) is 4.09 Å². The summed E-state index contributed by atoms with van der Waals surface area (Å²) in [6.45, 7) is 5.72. The van der Waals surface area contributed by atoms with Crippen molar-refractivity contribution in [2.45, 2.75) is 37.5 Å². The van der Waals surface area contributed by atoms with Gasteiger partial charge in [0.2, 0.25) is 0 Å². The van der Waals surface area contributed by atoms with Crippen LogP contribution >= 0.6 is 0 Å². The van der Waals surface area contributed by atoms with E-state index in [9.17, 15) is 8.42 Å². The molecule has 0 bridgehead atoms. The number of piperidine rings is 1. The van der Waals surface area contributed by atoms with Gasteiger partial charge in [0, 0.05) is 11.3 Å². The van der Waals surface area contributed by atoms with Crippen LogP contribution in [0.1, 0.15) is 35.6 Å². The first kappa shape index (κ1) is 17.2. The van der Waals surface area contributed by atoms with Gasteiger partial charge in [0.05, 0.1) is 16.1 Å². The van der Waals surface area contributed by atoms with Crippen LogP contribution in [0.15, 0.2) is 47.4 Å². The van der Waals surface area contributed by atoms with E-state index in [2.05, 4.69) is 10.4 Å². The largest absolute Gasteiger partial charge is 0.317 e. The van der Waals surface area contributed by atoms with Gasteiger partial charge >= 0.3 is 0 Å². The number of nitrogens with one attached hydrogen (secondary N) is 1. The van der Waals surface area contributed by atoms with Crippen LogP contribution in [0.25, 0.3) is 10.9 Å². The molecule has 3 aromatic rings. The summed E-state index contributed by atoms with van der Waals surface area (Å²) in [4.78, 5) is 0.308. The number of aromatic nitrogens is 2. The van der Waals surface area contributed by atoms with Crippen molar-refractivity contribution in [2.24, 2.45) is 0 Å². The van der Waals surface area contributed by atoms with Gasteiger partial charge in [-0.3, -0.25) is 0 Å². The number of hydrogen-bond donors (Lipinski definition) is 1. The summed E-state index contributed by atoms with van der Waals surface area (Å²) >= 11 is 0. The van der Waals surface area contributed by atoms with Crippen LogP contribution in [0, 0.1) is 13.8 Å². The highest BCUT2D eigenvalue weighted by Gasteiger charge is 2.28. The molecule has 1 aromatic heterocycles. The Morgan fingerprint density at radius 3 is 2.42 bits per heavy atom. The van der Waals surface area contributed by atoms with E-state index in [0.717, 1.165) is 48.1 Å². The third kappa shape index (κ3) is 2.73. The van der Waals surface area contributed by atoms with E-state index in [4.69, 9.17) is 0 Å². The summed E-state index contributed by atoms with van der Waals surface area (Å²) in [5, 5.41) is 9.01. The average molecular weight is 369 g/mol. The molecule has 0 radical (unpaired) electrons. The first-order valence-corrected chi connectivity index (χ1v) is 10.4. The Labute approximate surface area is 154 Å². The zero-order chi connectivity index (χ0) is 18.3. The molecule has 4 rings (SSSR count). The molecule has 1 aliphatic heterocycles. The second-order valence-corrected chi connectivity index (χ2v) is 8.73. The highest BCUT2D eigenvalue weighted by molar-refractivity contribution is 7.90. The molecule has 6 heteroatoms. The maximum absolute atomic E-state index is 13.4. The van der Waals surface area contributed by atoms with Crippen molar-refractivity contribution >= 4 is 20.9 Å². The second kappa shape index (κ2) is 6.52. The lowest BCUT2D eigenvalue weighted by molar-refractivity contribution is 0.453. The summed E-state index contributed by atoms with van der Waals surface area (Å²) in [7, 11) is -3.74. The minimum atomic E-state index is -3.74. The summed E-state index contributed by atoms with van der Waals surface area (Å²) in [6.07, 6.45) is 1.95. The zero-order valence-electron chi connectivity index (χ0n) is 15.1. The Hall–Kier alpha value is -2.18. The maximum atomic E-state index is 13.4. The van der Waals surface area contributed by atoms with Crippen LogP contribution in [0.4, 0.5) is 0 Å². The number of nitrogens with zero attached hydrogens (tertiary/aromatic N) is 2. The molecule has 1 aliphatic rings. The molecule has 0 saturated carbocycles. The van der Waals surface area contributed by atoms with E-state index in [1.54, 1.807) is 12.1 Å². The molecule has 5 nitrogen and oxygen atoms in total. The predicted octanol–water partition coefficient (Wildman–Crippen LogP) is 3.36. The number of rotatable bonds is 3. The lowest BCUT2D eigenvalue weighted by Gasteiger charge is -2.21. The SMILES string of the molecule is Cc1ccccc1S(=O)(=O)n1nc(C2CCNCC2)c2c(C)cccc21. The van der Waals surface area contributed by atoms with Gasteiger partial charge in [-0.1, -0.05) is 30.3 Å². The lowest BCUT2D eigenvalue weighted by atomic mass is 9.91. The Bertz CT molecular complexity index is 1060. The van der Waals surface area contributed by atoms with E-state index < -0.39 is 10.0 Å². The Kier molecular flexibility index (Phi) is 4.32. The molecule has 1 fully saturated rings. The van der Waals surface area contributed by atoms with Gasteiger partial charge in [0.1, 0.15) is 0 Å². The topological polar surface area (TPSA) is 64.0 Å². The fourth-order valence-corrected chi connectivity index (χ4v) is 5.37. The molecule has 0 atom stereocenters. The van der Waals surface area contributed by atoms with Gasteiger partial charge in [0.15, 0.2) is 0 Å². The van der Waals surface area contributed by atoms with Crippen LogP contribution in [-0.2, 0) is 10.0 Å². The molecule has 136 valence electrons. The van der Waals surface area contributed by atoms with Gasteiger partial charge in [-0.05, 0) is 63.0 Å². The average Bonchev–Trinajstić information content (AvgIpc) is 3.04. The first-order chi connectivity index (χ1) is 12.5. The highest BCUT2D eigenvalue weighted by Crippen LogP contribution is 2.34. The summed E-state index contributed by atoms with van der Waals surface area (Å²) < 4.78 is 28.0. The molecule has 0 aliphatic carbocycles. The number of hydrogen-bond acceptors (Lipinski definition) is 4. The fraction of sp³-hybridized carbons (Fsp3) is 0.350. The monoisotopic (exact) mass is 369 g/mol. The van der Waals surface area contributed by atoms with Crippen LogP contribution in [0.3, 0.4) is 0 Å². The molecule has 1 saturated heterocycles. The van der Waals surface area contributed by atoms with Crippen LogP contribution < -0.4 is 5.32 Å². The van der Waals surface area contributed by atoms with Crippen molar-refractivity contribution in [3.05, 3.63) is 59.3 Å². The van der Waals surface area contributed by atoms with Gasteiger partial charge in [-0.2, -0.15) is 17.6 Å². The number of benzene rings is 2. The molecular weight excluding hydrogens is 346 g/mol. The van der Waals surface area contributed by atoms with E-state index in [1.807, 2.05) is 44.2 Å². The zero-order valence-corrected chi connectivity index (χ0v) is 15.9.